The lowest BCUT2D eigenvalue weighted by atomic mass is 10.2. The molecule has 6 nitrogen and oxygen atoms in total. The van der Waals surface area contributed by atoms with Crippen LogP contribution >= 0.6 is 0 Å². The Labute approximate surface area is 107 Å². The highest BCUT2D eigenvalue weighted by Crippen LogP contribution is 2.13. The minimum absolute atomic E-state index is 0.0706. The van der Waals surface area contributed by atoms with Crippen LogP contribution in [0, 0.1) is 0 Å². The number of hydrogen-bond acceptors (Lipinski definition) is 4. The number of hydrogen-bond donors (Lipinski definition) is 1. The summed E-state index contributed by atoms with van der Waals surface area (Å²) in [5, 5.41) is 6.85. The Kier molecular flexibility index (Phi) is 3.65. The number of rotatable bonds is 2. The molecule has 6 heteroatoms. The van der Waals surface area contributed by atoms with Gasteiger partial charge in [0.1, 0.15) is 5.82 Å². The summed E-state index contributed by atoms with van der Waals surface area (Å²) in [6.45, 7) is 8.64. The van der Waals surface area contributed by atoms with E-state index in [0.29, 0.717) is 0 Å². The largest absolute Gasteiger partial charge is 0.331 e. The zero-order valence-corrected chi connectivity index (χ0v) is 11.5. The normalized spacial score (nSPS) is 21.6. The van der Waals surface area contributed by atoms with Crippen molar-refractivity contribution in [3.8, 4) is 0 Å². The third kappa shape index (κ3) is 2.53. The van der Waals surface area contributed by atoms with Crippen molar-refractivity contribution in [1.29, 1.82) is 0 Å². The first kappa shape index (κ1) is 13.0. The van der Waals surface area contributed by atoms with Crippen molar-refractivity contribution in [2.75, 3.05) is 26.7 Å². The maximum absolute atomic E-state index is 12.3. The van der Waals surface area contributed by atoms with Gasteiger partial charge in [-0.15, -0.1) is 5.10 Å². The number of aromatic amines is 1. The van der Waals surface area contributed by atoms with Gasteiger partial charge in [0.15, 0.2) is 0 Å². The van der Waals surface area contributed by atoms with Crippen LogP contribution in [0.15, 0.2) is 0 Å². The van der Waals surface area contributed by atoms with Crippen molar-refractivity contribution >= 4 is 5.91 Å². The van der Waals surface area contributed by atoms with Crippen molar-refractivity contribution < 1.29 is 4.79 Å². The second kappa shape index (κ2) is 5.06. The van der Waals surface area contributed by atoms with E-state index >= 15 is 0 Å². The number of piperazine rings is 1. The Morgan fingerprint density at radius 1 is 1.44 bits per heavy atom. The molecule has 1 amide bonds. The number of amides is 1. The van der Waals surface area contributed by atoms with Crippen LogP contribution in [0.2, 0.25) is 0 Å². The fourth-order valence-corrected chi connectivity index (χ4v) is 2.20. The van der Waals surface area contributed by atoms with E-state index < -0.39 is 0 Å². The molecule has 1 N–H and O–H groups in total. The van der Waals surface area contributed by atoms with Gasteiger partial charge in [-0.05, 0) is 14.0 Å². The summed E-state index contributed by atoms with van der Waals surface area (Å²) >= 11 is 0. The van der Waals surface area contributed by atoms with E-state index in [1.807, 2.05) is 18.7 Å². The standard InChI is InChI=1S/C12H21N5O/c1-8(2)10-13-11(15-14-10)12(18)17-6-5-16(4)7-9(17)3/h8-9H,5-7H2,1-4H3,(H,13,14,15). The van der Waals surface area contributed by atoms with Gasteiger partial charge in [0.2, 0.25) is 5.82 Å². The fraction of sp³-hybridized carbons (Fsp3) is 0.750. The fourth-order valence-electron chi connectivity index (χ4n) is 2.20. The topological polar surface area (TPSA) is 65.1 Å². The van der Waals surface area contributed by atoms with Crippen LogP contribution in [-0.2, 0) is 0 Å². The zero-order chi connectivity index (χ0) is 13.3. The molecule has 0 aliphatic carbocycles. The zero-order valence-electron chi connectivity index (χ0n) is 11.5. The number of carbonyl (C=O) groups is 1. The summed E-state index contributed by atoms with van der Waals surface area (Å²) in [7, 11) is 2.07. The second-order valence-corrected chi connectivity index (χ2v) is 5.31. The van der Waals surface area contributed by atoms with Crippen LogP contribution in [0.25, 0.3) is 0 Å². The SMILES string of the molecule is CC(C)c1nc(C(=O)N2CCN(C)CC2C)n[nH]1. The van der Waals surface area contributed by atoms with E-state index in [-0.39, 0.29) is 23.7 Å². The van der Waals surface area contributed by atoms with E-state index in [4.69, 9.17) is 0 Å². The van der Waals surface area contributed by atoms with Crippen molar-refractivity contribution in [3.05, 3.63) is 11.6 Å². The minimum atomic E-state index is -0.0706. The molecule has 18 heavy (non-hydrogen) atoms. The first-order chi connectivity index (χ1) is 8.49. The number of carbonyl (C=O) groups excluding carboxylic acids is 1. The lowest BCUT2D eigenvalue weighted by Gasteiger charge is -2.37. The summed E-state index contributed by atoms with van der Waals surface area (Å²) in [6, 6.07) is 0.206. The molecule has 100 valence electrons. The van der Waals surface area contributed by atoms with Gasteiger partial charge in [-0.1, -0.05) is 13.8 Å². The molecular weight excluding hydrogens is 230 g/mol. The first-order valence-electron chi connectivity index (χ1n) is 6.41. The molecule has 0 saturated carbocycles. The first-order valence-corrected chi connectivity index (χ1v) is 6.41. The number of H-pyrrole nitrogens is 1. The maximum Gasteiger partial charge on any atom is 0.293 e. The monoisotopic (exact) mass is 251 g/mol. The van der Waals surface area contributed by atoms with E-state index in [1.165, 1.54) is 0 Å². The van der Waals surface area contributed by atoms with Gasteiger partial charge in [0.25, 0.3) is 5.91 Å². The van der Waals surface area contributed by atoms with Crippen LogP contribution in [0.3, 0.4) is 0 Å². The average Bonchev–Trinajstić information content (AvgIpc) is 2.77. The van der Waals surface area contributed by atoms with Gasteiger partial charge in [-0.25, -0.2) is 4.98 Å². The van der Waals surface area contributed by atoms with Crippen LogP contribution in [0.5, 0.6) is 0 Å². The summed E-state index contributed by atoms with van der Waals surface area (Å²) < 4.78 is 0. The van der Waals surface area contributed by atoms with Gasteiger partial charge >= 0.3 is 0 Å². The molecule has 1 atom stereocenters. The lowest BCUT2D eigenvalue weighted by molar-refractivity contribution is 0.0522. The van der Waals surface area contributed by atoms with Gasteiger partial charge in [0, 0.05) is 31.6 Å². The Balaban J connectivity index is 2.10. The minimum Gasteiger partial charge on any atom is -0.331 e. The van der Waals surface area contributed by atoms with Crippen LogP contribution in [-0.4, -0.2) is 63.6 Å². The molecule has 1 aromatic heterocycles. The van der Waals surface area contributed by atoms with Gasteiger partial charge < -0.3 is 9.80 Å². The molecule has 0 radical (unpaired) electrons. The summed E-state index contributed by atoms with van der Waals surface area (Å²) in [6.07, 6.45) is 0. The summed E-state index contributed by atoms with van der Waals surface area (Å²) in [5.41, 5.74) is 0. The third-order valence-corrected chi connectivity index (χ3v) is 3.33. The molecule has 1 aliphatic heterocycles. The number of nitrogens with one attached hydrogen (secondary N) is 1. The van der Waals surface area contributed by atoms with Gasteiger partial charge in [-0.2, -0.15) is 0 Å². The van der Waals surface area contributed by atoms with Crippen LogP contribution in [0.4, 0.5) is 0 Å². The van der Waals surface area contributed by atoms with Crippen molar-refractivity contribution in [1.82, 2.24) is 25.0 Å². The molecule has 0 aromatic carbocycles. The third-order valence-electron chi connectivity index (χ3n) is 3.33. The van der Waals surface area contributed by atoms with Crippen molar-refractivity contribution in [3.63, 3.8) is 0 Å². The molecule has 2 rings (SSSR count). The molecule has 1 fully saturated rings. The molecule has 1 aliphatic rings. The number of likely N-dealkylation sites (N-methyl/N-ethyl adjacent to an activating group) is 1. The summed E-state index contributed by atoms with van der Waals surface area (Å²) in [5.74, 6) is 1.23. The lowest BCUT2D eigenvalue weighted by Crippen LogP contribution is -2.52. The second-order valence-electron chi connectivity index (χ2n) is 5.31. The Morgan fingerprint density at radius 3 is 2.72 bits per heavy atom. The molecule has 1 saturated heterocycles. The molecular formula is C12H21N5O. The van der Waals surface area contributed by atoms with Crippen molar-refractivity contribution in [2.45, 2.75) is 32.7 Å². The molecule has 1 unspecified atom stereocenters. The number of nitrogens with zero attached hydrogens (tertiary/aromatic N) is 4. The molecule has 0 bridgehead atoms. The maximum atomic E-state index is 12.3. The highest BCUT2D eigenvalue weighted by molar-refractivity contribution is 5.90. The predicted octanol–water partition coefficient (Wildman–Crippen LogP) is 0.704. The van der Waals surface area contributed by atoms with E-state index in [1.54, 1.807) is 0 Å². The van der Waals surface area contributed by atoms with Gasteiger partial charge in [-0.3, -0.25) is 9.89 Å². The molecule has 0 spiro atoms. The average molecular weight is 251 g/mol. The van der Waals surface area contributed by atoms with Crippen LogP contribution < -0.4 is 0 Å². The van der Waals surface area contributed by atoms with E-state index in [9.17, 15) is 4.79 Å². The molecule has 1 aromatic rings. The van der Waals surface area contributed by atoms with Crippen LogP contribution in [0.1, 0.15) is 43.1 Å². The summed E-state index contributed by atoms with van der Waals surface area (Å²) in [4.78, 5) is 20.7. The smallest absolute Gasteiger partial charge is 0.293 e. The van der Waals surface area contributed by atoms with E-state index in [0.717, 1.165) is 25.5 Å². The molecule has 2 heterocycles. The highest BCUT2D eigenvalue weighted by atomic mass is 16.2. The van der Waals surface area contributed by atoms with E-state index in [2.05, 4.69) is 34.1 Å². The number of aromatic nitrogens is 3. The Morgan fingerprint density at radius 2 is 2.17 bits per heavy atom. The Hall–Kier alpha value is -1.43. The van der Waals surface area contributed by atoms with Crippen molar-refractivity contribution in [2.24, 2.45) is 0 Å². The Bertz CT molecular complexity index is 428. The quantitative estimate of drug-likeness (QED) is 0.840. The highest BCUT2D eigenvalue weighted by Gasteiger charge is 2.28. The van der Waals surface area contributed by atoms with Gasteiger partial charge in [0.05, 0.1) is 0 Å². The predicted molar refractivity (Wildman–Crippen MR) is 68.5 cm³/mol.